The molecule has 4 heteroatoms. The van der Waals surface area contributed by atoms with E-state index >= 15 is 0 Å². The molecule has 0 aliphatic rings. The fourth-order valence-corrected chi connectivity index (χ4v) is 6.21. The van der Waals surface area contributed by atoms with Crippen molar-refractivity contribution in [1.29, 1.82) is 0 Å². The van der Waals surface area contributed by atoms with Crippen molar-refractivity contribution >= 4 is 5.97 Å². The number of rotatable bonds is 39. The molecule has 46 heavy (non-hydrogen) atoms. The summed E-state index contributed by atoms with van der Waals surface area (Å²) < 4.78 is 11.1. The zero-order valence-corrected chi connectivity index (χ0v) is 31.4. The van der Waals surface area contributed by atoms with Crippen LogP contribution in [0, 0.1) is 0 Å². The summed E-state index contributed by atoms with van der Waals surface area (Å²) in [6.45, 7) is 5.35. The number of allylic oxidation sites excluding steroid dienone is 2. The summed E-state index contributed by atoms with van der Waals surface area (Å²) in [4.78, 5) is 12.1. The molecule has 0 heterocycles. The number of hydrogen-bond acceptors (Lipinski definition) is 4. The van der Waals surface area contributed by atoms with Crippen LogP contribution in [0.25, 0.3) is 0 Å². The molecule has 0 radical (unpaired) electrons. The number of aliphatic hydroxyl groups is 1. The van der Waals surface area contributed by atoms with Crippen molar-refractivity contribution in [1.82, 2.24) is 0 Å². The van der Waals surface area contributed by atoms with Crippen LogP contribution in [-0.2, 0) is 14.3 Å². The maximum absolute atomic E-state index is 12.1. The largest absolute Gasteiger partial charge is 0.457 e. The first kappa shape index (κ1) is 45.1. The smallest absolute Gasteiger partial charge is 0.306 e. The molecular formula is C42H82O4. The van der Waals surface area contributed by atoms with E-state index in [1.165, 1.54) is 186 Å². The first-order chi connectivity index (χ1) is 22.7. The predicted octanol–water partition coefficient (Wildman–Crippen LogP) is 13.4. The molecule has 0 bridgehead atoms. The highest BCUT2D eigenvalue weighted by atomic mass is 16.6. The lowest BCUT2D eigenvalue weighted by molar-refractivity contribution is -0.154. The highest BCUT2D eigenvalue weighted by molar-refractivity contribution is 5.69. The van der Waals surface area contributed by atoms with E-state index in [9.17, 15) is 9.90 Å². The number of unbranched alkanes of at least 4 members (excludes halogenated alkanes) is 29. The summed E-state index contributed by atoms with van der Waals surface area (Å²) in [7, 11) is 0. The first-order valence-electron chi connectivity index (χ1n) is 20.8. The van der Waals surface area contributed by atoms with Gasteiger partial charge in [0.2, 0.25) is 0 Å². The molecule has 1 N–H and O–H groups in total. The molecule has 0 aromatic heterocycles. The lowest BCUT2D eigenvalue weighted by Gasteiger charge is -2.16. The Kier molecular flexibility index (Phi) is 39.5. The minimum absolute atomic E-state index is 0.166. The molecule has 0 amide bonds. The van der Waals surface area contributed by atoms with Gasteiger partial charge in [-0.1, -0.05) is 193 Å². The maximum Gasteiger partial charge on any atom is 0.306 e. The van der Waals surface area contributed by atoms with E-state index in [2.05, 4.69) is 26.0 Å². The molecule has 0 saturated heterocycles. The van der Waals surface area contributed by atoms with E-state index in [4.69, 9.17) is 9.47 Å². The van der Waals surface area contributed by atoms with Crippen LogP contribution < -0.4 is 0 Å². The third-order valence-corrected chi connectivity index (χ3v) is 9.34. The topological polar surface area (TPSA) is 55.8 Å². The second-order valence-corrected chi connectivity index (χ2v) is 14.1. The van der Waals surface area contributed by atoms with Gasteiger partial charge in [0.1, 0.15) is 6.10 Å². The third kappa shape index (κ3) is 37.6. The van der Waals surface area contributed by atoms with E-state index in [0.717, 1.165) is 19.3 Å². The molecule has 4 nitrogen and oxygen atoms in total. The van der Waals surface area contributed by atoms with Gasteiger partial charge in [-0.25, -0.2) is 0 Å². The summed E-state index contributed by atoms with van der Waals surface area (Å²) >= 11 is 0. The average molecular weight is 651 g/mol. The van der Waals surface area contributed by atoms with E-state index < -0.39 is 6.10 Å². The van der Waals surface area contributed by atoms with E-state index in [-0.39, 0.29) is 12.6 Å². The normalized spacial score (nSPS) is 12.3. The van der Waals surface area contributed by atoms with Crippen LogP contribution in [0.2, 0.25) is 0 Å². The van der Waals surface area contributed by atoms with E-state index in [0.29, 0.717) is 19.6 Å². The zero-order chi connectivity index (χ0) is 33.4. The van der Waals surface area contributed by atoms with Crippen molar-refractivity contribution in [2.45, 2.75) is 232 Å². The summed E-state index contributed by atoms with van der Waals surface area (Å²) in [6, 6.07) is 0. The highest BCUT2D eigenvalue weighted by Gasteiger charge is 2.13. The van der Waals surface area contributed by atoms with Gasteiger partial charge in [0.05, 0.1) is 13.2 Å². The molecular weight excluding hydrogens is 568 g/mol. The number of carbonyl (C=O) groups is 1. The monoisotopic (exact) mass is 651 g/mol. The average Bonchev–Trinajstić information content (AvgIpc) is 3.06. The fourth-order valence-electron chi connectivity index (χ4n) is 6.21. The molecule has 0 rings (SSSR count). The molecule has 0 aromatic rings. The van der Waals surface area contributed by atoms with Crippen LogP contribution in [0.15, 0.2) is 12.2 Å². The molecule has 0 aromatic carbocycles. The molecule has 0 saturated carbocycles. The standard InChI is InChI=1S/C42H82O4/c1-3-5-7-9-11-13-14-15-16-17-18-19-20-21-22-23-24-25-26-27-28-29-30-32-34-36-38-45-40-41(39-43)46-42(44)37-35-33-31-12-10-8-6-4-2/h17-18,41,43H,3-16,19-40H2,1-2H3/b18-17-. The molecule has 1 atom stereocenters. The molecule has 0 spiro atoms. The second-order valence-electron chi connectivity index (χ2n) is 14.1. The first-order valence-corrected chi connectivity index (χ1v) is 20.8. The van der Waals surface area contributed by atoms with E-state index in [1.807, 2.05) is 0 Å². The van der Waals surface area contributed by atoms with Gasteiger partial charge in [-0.2, -0.15) is 0 Å². The minimum atomic E-state index is -0.525. The Morgan fingerprint density at radius 1 is 0.500 bits per heavy atom. The molecule has 1 unspecified atom stereocenters. The van der Waals surface area contributed by atoms with Crippen molar-refractivity contribution in [3.8, 4) is 0 Å². The summed E-state index contributed by atoms with van der Waals surface area (Å²) in [5.74, 6) is -0.202. The van der Waals surface area contributed by atoms with Gasteiger partial charge in [-0.15, -0.1) is 0 Å². The number of aliphatic hydroxyl groups excluding tert-OH is 1. The SMILES string of the molecule is CCCCCCCCCC/C=C\CCCCCCCCCCCCCCCCOCC(CO)OC(=O)CCCCCCCCCC. The molecule has 0 aliphatic carbocycles. The fraction of sp³-hybridized carbons (Fsp3) is 0.929. The van der Waals surface area contributed by atoms with Crippen molar-refractivity contribution < 1.29 is 19.4 Å². The summed E-state index contributed by atoms with van der Waals surface area (Å²) in [5.41, 5.74) is 0. The number of carbonyl (C=O) groups excluding carboxylic acids is 1. The highest BCUT2D eigenvalue weighted by Crippen LogP contribution is 2.15. The van der Waals surface area contributed by atoms with Gasteiger partial charge >= 0.3 is 5.97 Å². The van der Waals surface area contributed by atoms with E-state index in [1.54, 1.807) is 0 Å². The molecule has 274 valence electrons. The van der Waals surface area contributed by atoms with Crippen molar-refractivity contribution in [2.24, 2.45) is 0 Å². The Hall–Kier alpha value is -0.870. The Morgan fingerprint density at radius 3 is 1.24 bits per heavy atom. The van der Waals surface area contributed by atoms with Crippen LogP contribution in [0.5, 0.6) is 0 Å². The van der Waals surface area contributed by atoms with Crippen LogP contribution in [0.1, 0.15) is 226 Å². The van der Waals surface area contributed by atoms with Gasteiger partial charge in [0, 0.05) is 13.0 Å². The van der Waals surface area contributed by atoms with Crippen LogP contribution >= 0.6 is 0 Å². The van der Waals surface area contributed by atoms with Crippen molar-refractivity contribution in [3.05, 3.63) is 12.2 Å². The zero-order valence-electron chi connectivity index (χ0n) is 31.4. The number of esters is 1. The van der Waals surface area contributed by atoms with Gasteiger partial charge in [0.15, 0.2) is 0 Å². The predicted molar refractivity (Wildman–Crippen MR) is 201 cm³/mol. The van der Waals surface area contributed by atoms with Gasteiger partial charge < -0.3 is 14.6 Å². The molecule has 0 fully saturated rings. The molecule has 0 aliphatic heterocycles. The maximum atomic E-state index is 12.1. The quantitative estimate of drug-likeness (QED) is 0.0408. The Morgan fingerprint density at radius 2 is 0.848 bits per heavy atom. The lowest BCUT2D eigenvalue weighted by Crippen LogP contribution is -2.27. The summed E-state index contributed by atoms with van der Waals surface area (Å²) in [5, 5.41) is 9.53. The van der Waals surface area contributed by atoms with Gasteiger partial charge in [-0.3, -0.25) is 4.79 Å². The Balaban J connectivity index is 3.31. The van der Waals surface area contributed by atoms with Crippen LogP contribution in [-0.4, -0.2) is 37.0 Å². The van der Waals surface area contributed by atoms with Gasteiger partial charge in [0.25, 0.3) is 0 Å². The van der Waals surface area contributed by atoms with Crippen molar-refractivity contribution in [2.75, 3.05) is 19.8 Å². The van der Waals surface area contributed by atoms with Crippen LogP contribution in [0.3, 0.4) is 0 Å². The number of ether oxygens (including phenoxy) is 2. The second kappa shape index (κ2) is 40.3. The number of hydrogen-bond donors (Lipinski definition) is 1. The lowest BCUT2D eigenvalue weighted by atomic mass is 10.0. The minimum Gasteiger partial charge on any atom is -0.457 e. The Labute approximate surface area is 288 Å². The van der Waals surface area contributed by atoms with Gasteiger partial charge in [-0.05, 0) is 38.5 Å². The van der Waals surface area contributed by atoms with Crippen molar-refractivity contribution in [3.63, 3.8) is 0 Å². The summed E-state index contributed by atoms with van der Waals surface area (Å²) in [6.07, 6.45) is 47.2. The Bertz CT molecular complexity index is 604. The third-order valence-electron chi connectivity index (χ3n) is 9.34. The van der Waals surface area contributed by atoms with Crippen LogP contribution in [0.4, 0.5) is 0 Å².